The minimum absolute atomic E-state index is 0.0670. The van der Waals surface area contributed by atoms with E-state index in [0.29, 0.717) is 21.9 Å². The Labute approximate surface area is 186 Å². The Morgan fingerprint density at radius 1 is 1.16 bits per heavy atom. The number of aryl methyl sites for hydroxylation is 2. The van der Waals surface area contributed by atoms with E-state index in [0.717, 1.165) is 4.73 Å². The van der Waals surface area contributed by atoms with Crippen molar-refractivity contribution in [3.8, 4) is 5.95 Å². The average molecular weight is 457 g/mol. The maximum atomic E-state index is 13.7. The minimum Gasteiger partial charge on any atom is -0.458 e. The molecular formula is C22H18ClFN4O4. The number of hydrogen-bond donors (Lipinski definition) is 0. The van der Waals surface area contributed by atoms with Crippen molar-refractivity contribution in [2.24, 2.45) is 0 Å². The molecule has 0 saturated heterocycles. The monoisotopic (exact) mass is 456 g/mol. The molecule has 8 nitrogen and oxygen atoms in total. The number of hydrogen-bond acceptors (Lipinski definition) is 6. The van der Waals surface area contributed by atoms with Crippen LogP contribution < -0.4 is 10.4 Å². The zero-order valence-corrected chi connectivity index (χ0v) is 18.0. The summed E-state index contributed by atoms with van der Waals surface area (Å²) in [4.78, 5) is 35.3. The van der Waals surface area contributed by atoms with Crippen LogP contribution in [0.15, 0.2) is 53.3 Å². The first kappa shape index (κ1) is 21.5. The Balaban J connectivity index is 1.64. The van der Waals surface area contributed by atoms with Crippen molar-refractivity contribution in [2.75, 3.05) is 6.61 Å². The molecule has 164 valence electrons. The van der Waals surface area contributed by atoms with E-state index in [1.54, 1.807) is 32.0 Å². The number of nitrogens with zero attached hydrogens (tertiary/aromatic N) is 4. The number of halogens is 2. The van der Waals surface area contributed by atoms with Crippen LogP contribution in [0, 0.1) is 19.7 Å². The van der Waals surface area contributed by atoms with Crippen molar-refractivity contribution in [3.63, 3.8) is 0 Å². The molecule has 0 spiro atoms. The number of fused-ring (bicyclic) bond motifs is 1. The number of esters is 1. The van der Waals surface area contributed by atoms with Crippen LogP contribution in [0.4, 0.5) is 4.39 Å². The topological polar surface area (TPSA) is 88.2 Å². The Bertz CT molecular complexity index is 1380. The second-order valence-corrected chi connectivity index (χ2v) is 7.47. The third-order valence-electron chi connectivity index (χ3n) is 4.63. The molecule has 0 amide bonds. The maximum absolute atomic E-state index is 13.7. The zero-order chi connectivity index (χ0) is 22.8. The molecule has 2 aromatic heterocycles. The van der Waals surface area contributed by atoms with E-state index >= 15 is 0 Å². The first-order valence-corrected chi connectivity index (χ1v) is 9.99. The molecule has 2 heterocycles. The first-order valence-electron chi connectivity index (χ1n) is 9.62. The van der Waals surface area contributed by atoms with Crippen molar-refractivity contribution in [3.05, 3.63) is 86.7 Å². The van der Waals surface area contributed by atoms with Gasteiger partial charge in [0.2, 0.25) is 6.61 Å². The second kappa shape index (κ2) is 8.80. The van der Waals surface area contributed by atoms with Gasteiger partial charge in [-0.1, -0.05) is 29.8 Å². The molecule has 0 aliphatic heterocycles. The van der Waals surface area contributed by atoms with Gasteiger partial charge in [0.05, 0.1) is 16.6 Å². The summed E-state index contributed by atoms with van der Waals surface area (Å²) in [6.07, 6.45) is 0. The highest BCUT2D eigenvalue weighted by atomic mass is 35.5. The van der Waals surface area contributed by atoms with Gasteiger partial charge in [-0.05, 0) is 44.2 Å². The van der Waals surface area contributed by atoms with Gasteiger partial charge < -0.3 is 9.57 Å². The van der Waals surface area contributed by atoms with E-state index < -0.39 is 24.0 Å². The van der Waals surface area contributed by atoms with Crippen molar-refractivity contribution in [1.29, 1.82) is 0 Å². The number of ether oxygens (including phenoxy) is 1. The molecule has 0 saturated carbocycles. The van der Waals surface area contributed by atoms with Crippen LogP contribution in [0.25, 0.3) is 16.9 Å². The molecule has 0 N–H and O–H groups in total. The van der Waals surface area contributed by atoms with E-state index in [-0.39, 0.29) is 23.5 Å². The van der Waals surface area contributed by atoms with Crippen LogP contribution in [-0.4, -0.2) is 32.1 Å². The predicted molar refractivity (Wildman–Crippen MR) is 115 cm³/mol. The number of carbonyl (C=O) groups excluding carboxylic acids is 1. The smallest absolute Gasteiger partial charge is 0.347 e. The zero-order valence-electron chi connectivity index (χ0n) is 17.2. The van der Waals surface area contributed by atoms with Crippen LogP contribution in [-0.2, 0) is 16.1 Å². The maximum Gasteiger partial charge on any atom is 0.347 e. The van der Waals surface area contributed by atoms with E-state index in [1.165, 1.54) is 28.9 Å². The van der Waals surface area contributed by atoms with Crippen molar-refractivity contribution in [1.82, 2.24) is 19.5 Å². The quantitative estimate of drug-likeness (QED) is 0.414. The third-order valence-corrected chi connectivity index (χ3v) is 4.87. The summed E-state index contributed by atoms with van der Waals surface area (Å²) in [6, 6.07) is 12.5. The lowest BCUT2D eigenvalue weighted by atomic mass is 10.2. The van der Waals surface area contributed by atoms with E-state index in [9.17, 15) is 14.0 Å². The highest BCUT2D eigenvalue weighted by molar-refractivity contribution is 6.31. The largest absolute Gasteiger partial charge is 0.458 e. The highest BCUT2D eigenvalue weighted by Crippen LogP contribution is 2.17. The van der Waals surface area contributed by atoms with Crippen LogP contribution in [0.2, 0.25) is 5.02 Å². The van der Waals surface area contributed by atoms with E-state index in [4.69, 9.17) is 21.2 Å². The van der Waals surface area contributed by atoms with Crippen LogP contribution in [0.1, 0.15) is 17.0 Å². The molecule has 0 bridgehead atoms. The SMILES string of the molecule is Cc1cc(C)n(-c2nc3ccc(Cl)cc3c(=O)n2OCC(=O)OCc2ccccc2F)n1. The van der Waals surface area contributed by atoms with Crippen molar-refractivity contribution in [2.45, 2.75) is 20.5 Å². The molecule has 0 fully saturated rings. The second-order valence-electron chi connectivity index (χ2n) is 7.04. The summed E-state index contributed by atoms with van der Waals surface area (Å²) in [7, 11) is 0. The molecule has 0 radical (unpaired) electrons. The van der Waals surface area contributed by atoms with Gasteiger partial charge in [0.25, 0.3) is 11.5 Å². The van der Waals surface area contributed by atoms with Gasteiger partial charge in [0.15, 0.2) is 0 Å². The van der Waals surface area contributed by atoms with E-state index in [2.05, 4.69) is 10.1 Å². The first-order chi connectivity index (χ1) is 15.3. The molecule has 0 aliphatic rings. The van der Waals surface area contributed by atoms with Gasteiger partial charge in [-0.3, -0.25) is 4.79 Å². The number of aromatic nitrogens is 4. The molecule has 32 heavy (non-hydrogen) atoms. The normalized spacial score (nSPS) is 11.0. The predicted octanol–water partition coefficient (Wildman–Crippen LogP) is 3.16. The fraction of sp³-hybridized carbons (Fsp3) is 0.182. The standard InChI is InChI=1S/C22H18ClFN4O4/c1-13-9-14(2)27(26-13)22-25-19-8-7-16(23)10-17(19)21(30)28(22)32-12-20(29)31-11-15-5-3-4-6-18(15)24/h3-10H,11-12H2,1-2H3. The molecule has 2 aromatic carbocycles. The Kier molecular flexibility index (Phi) is 5.91. The van der Waals surface area contributed by atoms with Gasteiger partial charge in [-0.25, -0.2) is 18.9 Å². The molecule has 4 rings (SSSR count). The highest BCUT2D eigenvalue weighted by Gasteiger charge is 2.18. The number of carbonyl (C=O) groups is 1. The third kappa shape index (κ3) is 4.33. The van der Waals surface area contributed by atoms with Crippen LogP contribution >= 0.6 is 11.6 Å². The fourth-order valence-electron chi connectivity index (χ4n) is 3.14. The average Bonchev–Trinajstić information content (AvgIpc) is 3.10. The Hall–Kier alpha value is -3.72. The number of benzene rings is 2. The molecule has 0 aliphatic carbocycles. The van der Waals surface area contributed by atoms with Crippen LogP contribution in [0.5, 0.6) is 0 Å². The lowest BCUT2D eigenvalue weighted by molar-refractivity contribution is -0.150. The van der Waals surface area contributed by atoms with Crippen molar-refractivity contribution >= 4 is 28.5 Å². The summed E-state index contributed by atoms with van der Waals surface area (Å²) in [5, 5.41) is 4.91. The minimum atomic E-state index is -0.786. The Morgan fingerprint density at radius 2 is 1.94 bits per heavy atom. The van der Waals surface area contributed by atoms with Crippen molar-refractivity contribution < 1.29 is 18.8 Å². The molecule has 0 unspecified atom stereocenters. The summed E-state index contributed by atoms with van der Waals surface area (Å²) in [5.41, 5.74) is 1.47. The summed E-state index contributed by atoms with van der Waals surface area (Å²) < 4.78 is 21.1. The van der Waals surface area contributed by atoms with Gasteiger partial charge >= 0.3 is 5.97 Å². The molecular weight excluding hydrogens is 439 g/mol. The van der Waals surface area contributed by atoms with Gasteiger partial charge in [0, 0.05) is 16.3 Å². The molecule has 0 atom stereocenters. The van der Waals surface area contributed by atoms with Gasteiger partial charge in [0.1, 0.15) is 12.4 Å². The lowest BCUT2D eigenvalue weighted by Gasteiger charge is -2.14. The summed E-state index contributed by atoms with van der Waals surface area (Å²) >= 11 is 6.03. The van der Waals surface area contributed by atoms with Crippen LogP contribution in [0.3, 0.4) is 0 Å². The van der Waals surface area contributed by atoms with E-state index in [1.807, 2.05) is 6.07 Å². The fourth-order valence-corrected chi connectivity index (χ4v) is 3.32. The number of rotatable bonds is 6. The summed E-state index contributed by atoms with van der Waals surface area (Å²) in [6.45, 7) is 2.73. The van der Waals surface area contributed by atoms with Gasteiger partial charge in [-0.2, -0.15) is 5.10 Å². The van der Waals surface area contributed by atoms with Gasteiger partial charge in [-0.15, -0.1) is 4.73 Å². The Morgan fingerprint density at radius 3 is 2.66 bits per heavy atom. The molecule has 4 aromatic rings. The summed E-state index contributed by atoms with van der Waals surface area (Å²) in [5.74, 6) is -1.21. The molecule has 10 heteroatoms. The lowest BCUT2D eigenvalue weighted by Crippen LogP contribution is -2.35.